The van der Waals surface area contributed by atoms with Crippen molar-refractivity contribution in [2.75, 3.05) is 31.6 Å². The first-order chi connectivity index (χ1) is 12.2. The van der Waals surface area contributed by atoms with Crippen molar-refractivity contribution in [2.45, 2.75) is 30.9 Å². The molecule has 4 rings (SSSR count). The average molecular weight is 341 g/mol. The molecule has 2 unspecified atom stereocenters. The van der Waals surface area contributed by atoms with Crippen LogP contribution in [0.15, 0.2) is 36.8 Å². The molecule has 0 saturated carbocycles. The quantitative estimate of drug-likeness (QED) is 0.920. The summed E-state index contributed by atoms with van der Waals surface area (Å²) in [6.45, 7) is 2.06. The lowest BCUT2D eigenvalue weighted by molar-refractivity contribution is -0.0448. The van der Waals surface area contributed by atoms with Crippen LogP contribution in [0.4, 0.5) is 5.95 Å². The summed E-state index contributed by atoms with van der Waals surface area (Å²) < 4.78 is 6.23. The SMILES string of the molecule is CN(c1ncccn1)C1COC2(CCCN(C(=O)c3ccc[nH]3)C2)C1. The number of piperidine rings is 1. The molecule has 0 aromatic carbocycles. The number of likely N-dealkylation sites (tertiary alicyclic amines) is 1. The molecule has 0 radical (unpaired) electrons. The Labute approximate surface area is 147 Å². The predicted molar refractivity (Wildman–Crippen MR) is 93.5 cm³/mol. The molecule has 2 aromatic rings. The molecule has 0 bridgehead atoms. The third kappa shape index (κ3) is 3.11. The van der Waals surface area contributed by atoms with Crippen LogP contribution in [0.2, 0.25) is 0 Å². The highest BCUT2D eigenvalue weighted by molar-refractivity contribution is 5.92. The molecule has 2 aromatic heterocycles. The van der Waals surface area contributed by atoms with Crippen LogP contribution in [0.25, 0.3) is 0 Å². The second-order valence-electron chi connectivity index (χ2n) is 6.93. The van der Waals surface area contributed by atoms with Gasteiger partial charge in [0.05, 0.1) is 24.8 Å². The number of nitrogens with zero attached hydrogens (tertiary/aromatic N) is 4. The Balaban J connectivity index is 1.45. The zero-order valence-electron chi connectivity index (χ0n) is 14.4. The lowest BCUT2D eigenvalue weighted by Gasteiger charge is -2.39. The molecule has 2 saturated heterocycles. The Kier molecular flexibility index (Phi) is 4.17. The number of amides is 1. The van der Waals surface area contributed by atoms with Gasteiger partial charge in [-0.15, -0.1) is 0 Å². The van der Waals surface area contributed by atoms with Crippen LogP contribution in [0, 0.1) is 0 Å². The van der Waals surface area contributed by atoms with Crippen molar-refractivity contribution in [1.82, 2.24) is 19.9 Å². The lowest BCUT2D eigenvalue weighted by atomic mass is 9.88. The molecule has 2 atom stereocenters. The average Bonchev–Trinajstić information content (AvgIpc) is 3.32. The van der Waals surface area contributed by atoms with E-state index in [-0.39, 0.29) is 17.6 Å². The number of rotatable bonds is 3. The number of H-pyrrole nitrogens is 1. The van der Waals surface area contributed by atoms with Gasteiger partial charge in [-0.2, -0.15) is 0 Å². The van der Waals surface area contributed by atoms with Crippen LogP contribution in [0.1, 0.15) is 29.8 Å². The fourth-order valence-corrected chi connectivity index (χ4v) is 3.90. The van der Waals surface area contributed by atoms with Crippen molar-refractivity contribution in [2.24, 2.45) is 0 Å². The maximum atomic E-state index is 12.6. The molecule has 25 heavy (non-hydrogen) atoms. The number of hydrogen-bond acceptors (Lipinski definition) is 5. The van der Waals surface area contributed by atoms with Gasteiger partial charge in [0.15, 0.2) is 0 Å². The number of likely N-dealkylation sites (N-methyl/N-ethyl adjacent to an activating group) is 1. The summed E-state index contributed by atoms with van der Waals surface area (Å²) in [6.07, 6.45) is 8.12. The summed E-state index contributed by atoms with van der Waals surface area (Å²) >= 11 is 0. The Hall–Kier alpha value is -2.41. The smallest absolute Gasteiger partial charge is 0.270 e. The molecule has 7 nitrogen and oxygen atoms in total. The van der Waals surface area contributed by atoms with E-state index in [9.17, 15) is 4.79 Å². The largest absolute Gasteiger partial charge is 0.371 e. The number of anilines is 1. The number of nitrogens with one attached hydrogen (secondary N) is 1. The minimum atomic E-state index is -0.256. The number of carbonyl (C=O) groups is 1. The molecule has 1 amide bonds. The van der Waals surface area contributed by atoms with Gasteiger partial charge in [-0.1, -0.05) is 0 Å². The molecule has 132 valence electrons. The van der Waals surface area contributed by atoms with Crippen molar-refractivity contribution in [3.05, 3.63) is 42.5 Å². The molecular formula is C18H23N5O2. The van der Waals surface area contributed by atoms with Crippen molar-refractivity contribution in [3.63, 3.8) is 0 Å². The van der Waals surface area contributed by atoms with Gasteiger partial charge < -0.3 is 19.5 Å². The van der Waals surface area contributed by atoms with E-state index in [1.54, 1.807) is 18.6 Å². The van der Waals surface area contributed by atoms with Gasteiger partial charge in [-0.05, 0) is 31.0 Å². The Morgan fingerprint density at radius 3 is 3.00 bits per heavy atom. The first-order valence-corrected chi connectivity index (χ1v) is 8.73. The second kappa shape index (κ2) is 6.48. The van der Waals surface area contributed by atoms with Crippen molar-refractivity contribution in [1.29, 1.82) is 0 Å². The third-order valence-electron chi connectivity index (χ3n) is 5.26. The van der Waals surface area contributed by atoms with Crippen LogP contribution < -0.4 is 4.90 Å². The summed E-state index contributed by atoms with van der Waals surface area (Å²) in [5.74, 6) is 0.763. The van der Waals surface area contributed by atoms with Gasteiger partial charge >= 0.3 is 0 Å². The van der Waals surface area contributed by atoms with E-state index in [2.05, 4.69) is 19.9 Å². The van der Waals surface area contributed by atoms with E-state index >= 15 is 0 Å². The van der Waals surface area contributed by atoms with Crippen molar-refractivity contribution >= 4 is 11.9 Å². The molecule has 1 N–H and O–H groups in total. The Bertz CT molecular complexity index is 720. The number of aromatic nitrogens is 3. The first-order valence-electron chi connectivity index (χ1n) is 8.73. The van der Waals surface area contributed by atoms with Crippen LogP contribution in [-0.2, 0) is 4.74 Å². The van der Waals surface area contributed by atoms with Crippen LogP contribution in [0.5, 0.6) is 0 Å². The normalized spacial score (nSPS) is 26.1. The summed E-state index contributed by atoms with van der Waals surface area (Å²) in [5, 5.41) is 0. The topological polar surface area (TPSA) is 74.3 Å². The molecule has 7 heteroatoms. The monoisotopic (exact) mass is 341 g/mol. The van der Waals surface area contributed by atoms with E-state index in [4.69, 9.17) is 4.74 Å². The van der Waals surface area contributed by atoms with Crippen LogP contribution in [0.3, 0.4) is 0 Å². The molecule has 1 spiro atoms. The fourth-order valence-electron chi connectivity index (χ4n) is 3.90. The number of carbonyl (C=O) groups excluding carboxylic acids is 1. The van der Waals surface area contributed by atoms with E-state index in [0.29, 0.717) is 24.8 Å². The number of ether oxygens (including phenoxy) is 1. The maximum absolute atomic E-state index is 12.6. The minimum Gasteiger partial charge on any atom is -0.371 e. The van der Waals surface area contributed by atoms with E-state index in [1.807, 2.05) is 30.1 Å². The Morgan fingerprint density at radius 2 is 2.24 bits per heavy atom. The summed E-state index contributed by atoms with van der Waals surface area (Å²) in [4.78, 5) is 28.3. The van der Waals surface area contributed by atoms with E-state index in [0.717, 1.165) is 25.8 Å². The standard InChI is InChI=1S/C18H23N5O2/c1-22(17-20-8-4-9-21-17)14-11-18(25-12-14)6-3-10-23(13-18)16(24)15-5-2-7-19-15/h2,4-5,7-9,14,19H,3,6,10-13H2,1H3. The van der Waals surface area contributed by atoms with Crippen molar-refractivity contribution < 1.29 is 9.53 Å². The maximum Gasteiger partial charge on any atom is 0.270 e. The van der Waals surface area contributed by atoms with E-state index < -0.39 is 0 Å². The number of aromatic amines is 1. The number of hydrogen-bond donors (Lipinski definition) is 1. The van der Waals surface area contributed by atoms with Gasteiger partial charge in [-0.25, -0.2) is 9.97 Å². The summed E-state index contributed by atoms with van der Waals surface area (Å²) in [6, 6.07) is 5.71. The lowest BCUT2D eigenvalue weighted by Crippen LogP contribution is -2.50. The highest BCUT2D eigenvalue weighted by atomic mass is 16.5. The van der Waals surface area contributed by atoms with Gasteiger partial charge in [0.1, 0.15) is 5.69 Å². The zero-order chi connectivity index (χ0) is 17.3. The molecular weight excluding hydrogens is 318 g/mol. The summed E-state index contributed by atoms with van der Waals surface area (Å²) in [7, 11) is 2.01. The third-order valence-corrected chi connectivity index (χ3v) is 5.26. The molecule has 4 heterocycles. The highest BCUT2D eigenvalue weighted by Crippen LogP contribution is 2.37. The van der Waals surface area contributed by atoms with Gasteiger partial charge in [0, 0.05) is 38.6 Å². The second-order valence-corrected chi connectivity index (χ2v) is 6.93. The first kappa shape index (κ1) is 16.1. The predicted octanol–water partition coefficient (Wildman–Crippen LogP) is 1.70. The highest BCUT2D eigenvalue weighted by Gasteiger charge is 2.46. The zero-order valence-corrected chi connectivity index (χ0v) is 14.4. The fraction of sp³-hybridized carbons (Fsp3) is 0.500. The minimum absolute atomic E-state index is 0.0517. The molecule has 2 fully saturated rings. The van der Waals surface area contributed by atoms with Crippen LogP contribution >= 0.6 is 0 Å². The summed E-state index contributed by atoms with van der Waals surface area (Å²) in [5.41, 5.74) is 0.384. The molecule has 2 aliphatic heterocycles. The van der Waals surface area contributed by atoms with Crippen LogP contribution in [-0.4, -0.2) is 64.1 Å². The van der Waals surface area contributed by atoms with E-state index in [1.165, 1.54) is 0 Å². The molecule has 0 aliphatic carbocycles. The van der Waals surface area contributed by atoms with Gasteiger partial charge in [0.25, 0.3) is 5.91 Å². The van der Waals surface area contributed by atoms with Gasteiger partial charge in [-0.3, -0.25) is 4.79 Å². The Morgan fingerprint density at radius 1 is 1.40 bits per heavy atom. The van der Waals surface area contributed by atoms with Gasteiger partial charge in [0.2, 0.25) is 5.95 Å². The molecule has 2 aliphatic rings. The van der Waals surface area contributed by atoms with Crippen molar-refractivity contribution in [3.8, 4) is 0 Å².